The Bertz CT molecular complexity index is 403. The topological polar surface area (TPSA) is 54.5 Å². The predicted molar refractivity (Wildman–Crippen MR) is 40.4 cm³/mol. The molecule has 2 heterocycles. The highest BCUT2D eigenvalue weighted by Gasteiger charge is 1.98. The number of aromatic nitrogens is 4. The zero-order valence-corrected chi connectivity index (χ0v) is 6.37. The van der Waals surface area contributed by atoms with Crippen LogP contribution in [0.4, 0.5) is 0 Å². The maximum Gasteiger partial charge on any atom is 0.168 e. The number of H-pyrrole nitrogens is 1. The molecule has 0 aliphatic carbocycles. The van der Waals surface area contributed by atoms with E-state index >= 15 is 0 Å². The maximum atomic E-state index is 4.92. The molecule has 0 unspecified atom stereocenters. The van der Waals surface area contributed by atoms with Crippen LogP contribution in [0, 0.1) is 4.64 Å². The van der Waals surface area contributed by atoms with Gasteiger partial charge in [-0.3, -0.25) is 0 Å². The van der Waals surface area contributed by atoms with Gasteiger partial charge in [-0.15, -0.1) is 5.10 Å². The zero-order valence-electron chi connectivity index (χ0n) is 4.74. The molecule has 2 aromatic rings. The van der Waals surface area contributed by atoms with E-state index in [-0.39, 0.29) is 0 Å². The van der Waals surface area contributed by atoms with E-state index in [1.807, 2.05) is 0 Å². The molecular formula is C4H2N4S2. The molecule has 0 aliphatic rings. The molecule has 0 atom stereocenters. The van der Waals surface area contributed by atoms with Gasteiger partial charge in [0.15, 0.2) is 10.3 Å². The van der Waals surface area contributed by atoms with Crippen LogP contribution in [0.1, 0.15) is 0 Å². The lowest BCUT2D eigenvalue weighted by atomic mass is 10.6. The van der Waals surface area contributed by atoms with E-state index < -0.39 is 0 Å². The summed E-state index contributed by atoms with van der Waals surface area (Å²) in [6, 6.07) is 0. The first-order valence-electron chi connectivity index (χ1n) is 2.53. The first-order chi connectivity index (χ1) is 4.88. The van der Waals surface area contributed by atoms with Crippen LogP contribution in [-0.4, -0.2) is 19.6 Å². The number of aromatic amines is 1. The van der Waals surface area contributed by atoms with Gasteiger partial charge in [-0.2, -0.15) is 0 Å². The quantitative estimate of drug-likeness (QED) is 0.602. The van der Waals surface area contributed by atoms with Crippen LogP contribution < -0.4 is 0 Å². The molecule has 0 bridgehead atoms. The first-order valence-corrected chi connectivity index (χ1v) is 3.72. The van der Waals surface area contributed by atoms with Gasteiger partial charge in [-0.25, -0.2) is 4.98 Å². The fourth-order valence-electron chi connectivity index (χ4n) is 0.631. The standard InChI is InChI=1S/C4H2N4S2/c9-3-2-4(6-1-5-3)10-8-7-2/h1H,(H,5,6,9). The van der Waals surface area contributed by atoms with Crippen molar-refractivity contribution in [3.8, 4) is 0 Å². The second-order valence-electron chi connectivity index (χ2n) is 1.66. The van der Waals surface area contributed by atoms with E-state index in [2.05, 4.69) is 19.6 Å². The van der Waals surface area contributed by atoms with Crippen LogP contribution in [0.2, 0.25) is 0 Å². The highest BCUT2D eigenvalue weighted by atomic mass is 32.1. The van der Waals surface area contributed by atoms with Crippen LogP contribution >= 0.6 is 23.8 Å². The van der Waals surface area contributed by atoms with Crippen molar-refractivity contribution in [1.82, 2.24) is 19.6 Å². The number of hydrogen-bond acceptors (Lipinski definition) is 5. The third-order valence-corrected chi connectivity index (χ3v) is 2.01. The largest absolute Gasteiger partial charge is 0.335 e. The monoisotopic (exact) mass is 170 g/mol. The summed E-state index contributed by atoms with van der Waals surface area (Å²) in [5.41, 5.74) is 0.683. The molecule has 6 heteroatoms. The Morgan fingerprint density at radius 1 is 1.60 bits per heavy atom. The summed E-state index contributed by atoms with van der Waals surface area (Å²) in [5.74, 6) is 0. The average Bonchev–Trinajstić information content (AvgIpc) is 2.36. The van der Waals surface area contributed by atoms with E-state index in [0.29, 0.717) is 10.2 Å². The second-order valence-corrected chi connectivity index (χ2v) is 2.80. The van der Waals surface area contributed by atoms with E-state index in [1.165, 1.54) is 11.5 Å². The van der Waals surface area contributed by atoms with Gasteiger partial charge in [0.1, 0.15) is 4.64 Å². The molecule has 0 radical (unpaired) electrons. The molecule has 0 fully saturated rings. The molecule has 1 N–H and O–H groups in total. The summed E-state index contributed by atoms with van der Waals surface area (Å²) in [5, 5.41) is 3.79. The fraction of sp³-hybridized carbons (Fsp3) is 0. The van der Waals surface area contributed by atoms with E-state index in [1.54, 1.807) is 6.33 Å². The smallest absolute Gasteiger partial charge is 0.168 e. The molecule has 0 aliphatic heterocycles. The van der Waals surface area contributed by atoms with Gasteiger partial charge in [0.05, 0.1) is 6.33 Å². The molecule has 2 rings (SSSR count). The van der Waals surface area contributed by atoms with Gasteiger partial charge in [0.25, 0.3) is 0 Å². The second kappa shape index (κ2) is 2.06. The highest BCUT2D eigenvalue weighted by molar-refractivity contribution is 7.71. The van der Waals surface area contributed by atoms with Gasteiger partial charge in [-0.05, 0) is 0 Å². The van der Waals surface area contributed by atoms with Gasteiger partial charge < -0.3 is 4.98 Å². The van der Waals surface area contributed by atoms with Gasteiger partial charge in [-0.1, -0.05) is 16.7 Å². The number of fused-ring (bicyclic) bond motifs is 1. The van der Waals surface area contributed by atoms with Crippen LogP contribution in [0.15, 0.2) is 6.33 Å². The fourth-order valence-corrected chi connectivity index (χ4v) is 1.41. The average molecular weight is 170 g/mol. The molecule has 10 heavy (non-hydrogen) atoms. The summed E-state index contributed by atoms with van der Waals surface area (Å²) in [6.45, 7) is 0. The van der Waals surface area contributed by atoms with Crippen molar-refractivity contribution >= 4 is 34.1 Å². The normalized spacial score (nSPS) is 10.4. The Morgan fingerprint density at radius 2 is 2.50 bits per heavy atom. The minimum Gasteiger partial charge on any atom is -0.335 e. The number of nitrogens with zero attached hydrogens (tertiary/aromatic N) is 3. The minimum atomic E-state index is 0.596. The molecule has 0 amide bonds. The Balaban J connectivity index is 3.09. The summed E-state index contributed by atoms with van der Waals surface area (Å²) in [7, 11) is 0. The Labute approximate surface area is 65.1 Å². The molecule has 0 aromatic carbocycles. The SMILES string of the molecule is S=c1[nH]cnc2snnc12. The molecule has 2 aromatic heterocycles. The molecular weight excluding hydrogens is 168 g/mol. The van der Waals surface area contributed by atoms with Gasteiger partial charge in [0.2, 0.25) is 0 Å². The third-order valence-electron chi connectivity index (χ3n) is 1.06. The number of hydrogen-bond donors (Lipinski definition) is 1. The first kappa shape index (κ1) is 5.87. The summed E-state index contributed by atoms with van der Waals surface area (Å²) >= 11 is 6.16. The predicted octanol–water partition coefficient (Wildman–Crippen LogP) is 1.14. The molecule has 4 nitrogen and oxygen atoms in total. The zero-order chi connectivity index (χ0) is 6.97. The lowest BCUT2D eigenvalue weighted by molar-refractivity contribution is 1.15. The minimum absolute atomic E-state index is 0.596. The van der Waals surface area contributed by atoms with Gasteiger partial charge in [0, 0.05) is 11.5 Å². The van der Waals surface area contributed by atoms with Gasteiger partial charge >= 0.3 is 0 Å². The Morgan fingerprint density at radius 3 is 3.30 bits per heavy atom. The van der Waals surface area contributed by atoms with E-state index in [4.69, 9.17) is 12.2 Å². The van der Waals surface area contributed by atoms with Crippen molar-refractivity contribution in [2.75, 3.05) is 0 Å². The Kier molecular flexibility index (Phi) is 1.21. The maximum absolute atomic E-state index is 4.92. The molecule has 0 saturated carbocycles. The molecule has 50 valence electrons. The van der Waals surface area contributed by atoms with E-state index in [9.17, 15) is 0 Å². The number of rotatable bonds is 0. The molecule has 0 spiro atoms. The van der Waals surface area contributed by atoms with Crippen molar-refractivity contribution < 1.29 is 0 Å². The van der Waals surface area contributed by atoms with Crippen LogP contribution in [-0.2, 0) is 0 Å². The van der Waals surface area contributed by atoms with Crippen molar-refractivity contribution in [3.63, 3.8) is 0 Å². The summed E-state index contributed by atoms with van der Waals surface area (Å²) in [6.07, 6.45) is 1.55. The molecule has 0 saturated heterocycles. The highest BCUT2D eigenvalue weighted by Crippen LogP contribution is 2.09. The lowest BCUT2D eigenvalue weighted by Crippen LogP contribution is -1.78. The van der Waals surface area contributed by atoms with Crippen molar-refractivity contribution in [1.29, 1.82) is 0 Å². The van der Waals surface area contributed by atoms with Crippen molar-refractivity contribution in [2.45, 2.75) is 0 Å². The summed E-state index contributed by atoms with van der Waals surface area (Å²) in [4.78, 5) is 7.52. The summed E-state index contributed by atoms with van der Waals surface area (Å²) < 4.78 is 4.30. The van der Waals surface area contributed by atoms with Crippen molar-refractivity contribution in [3.05, 3.63) is 11.0 Å². The van der Waals surface area contributed by atoms with E-state index in [0.717, 1.165) is 4.83 Å². The number of nitrogens with one attached hydrogen (secondary N) is 1. The van der Waals surface area contributed by atoms with Crippen molar-refractivity contribution in [2.24, 2.45) is 0 Å². The lowest BCUT2D eigenvalue weighted by Gasteiger charge is -1.81. The van der Waals surface area contributed by atoms with Crippen LogP contribution in [0.5, 0.6) is 0 Å². The van der Waals surface area contributed by atoms with Crippen LogP contribution in [0.3, 0.4) is 0 Å². The van der Waals surface area contributed by atoms with Crippen LogP contribution in [0.25, 0.3) is 10.3 Å². The Hall–Kier alpha value is -0.880. The third kappa shape index (κ3) is 0.729.